The molecule has 0 saturated heterocycles. The molecule has 0 aliphatic rings. The Morgan fingerprint density at radius 1 is 0.912 bits per heavy atom. The number of sulfonamides is 1. The molecule has 0 aliphatic heterocycles. The van der Waals surface area contributed by atoms with E-state index in [4.69, 9.17) is 16.3 Å². The first kappa shape index (κ1) is 25.3. The molecule has 34 heavy (non-hydrogen) atoms. The minimum absolute atomic E-state index is 0.00943. The molecule has 0 radical (unpaired) electrons. The second-order valence-corrected chi connectivity index (χ2v) is 9.76. The van der Waals surface area contributed by atoms with Crippen LogP contribution in [0.2, 0.25) is 5.02 Å². The fraction of sp³-hybridized carbons (Fsp3) is 0.200. The van der Waals surface area contributed by atoms with Crippen LogP contribution in [-0.2, 0) is 14.8 Å². The first-order chi connectivity index (χ1) is 16.0. The Balaban J connectivity index is 1.86. The number of nitrogens with one attached hydrogen (secondary N) is 2. The van der Waals surface area contributed by atoms with E-state index in [2.05, 4.69) is 10.0 Å². The zero-order valence-corrected chi connectivity index (χ0v) is 20.8. The highest BCUT2D eigenvalue weighted by Crippen LogP contribution is 2.27. The lowest BCUT2D eigenvalue weighted by atomic mass is 10.1. The normalized spacial score (nSPS) is 11.1. The van der Waals surface area contributed by atoms with E-state index in [1.54, 1.807) is 32.0 Å². The Bertz CT molecular complexity index is 1370. The van der Waals surface area contributed by atoms with Crippen LogP contribution >= 0.6 is 11.6 Å². The number of ether oxygens (including phenoxy) is 1. The standard InChI is InChI=1S/C25H25ClN2O5S/c1-5-33-25(30)19-11-12-22(20(26)13-19)27-24(29)18-10-9-16(3)23(14-18)34(31,32)28-21-8-6-7-15(2)17(21)4/h6-14,28H,5H2,1-4H3,(H,27,29). The average Bonchev–Trinajstić information content (AvgIpc) is 2.78. The number of anilines is 2. The maximum atomic E-state index is 13.1. The number of benzene rings is 3. The van der Waals surface area contributed by atoms with Crippen LogP contribution in [0.1, 0.15) is 44.3 Å². The van der Waals surface area contributed by atoms with Crippen LogP contribution < -0.4 is 10.0 Å². The monoisotopic (exact) mass is 500 g/mol. The first-order valence-corrected chi connectivity index (χ1v) is 12.4. The number of carbonyl (C=O) groups is 2. The molecule has 0 heterocycles. The molecule has 3 aromatic rings. The van der Waals surface area contributed by atoms with E-state index in [-0.39, 0.29) is 33.3 Å². The van der Waals surface area contributed by atoms with Gasteiger partial charge >= 0.3 is 5.97 Å². The van der Waals surface area contributed by atoms with Crippen molar-refractivity contribution >= 4 is 44.9 Å². The summed E-state index contributed by atoms with van der Waals surface area (Å²) < 4.78 is 33.8. The van der Waals surface area contributed by atoms with Crippen molar-refractivity contribution in [3.05, 3.63) is 87.4 Å². The fourth-order valence-electron chi connectivity index (χ4n) is 3.24. The molecule has 0 bridgehead atoms. The van der Waals surface area contributed by atoms with Crippen LogP contribution in [0.3, 0.4) is 0 Å². The summed E-state index contributed by atoms with van der Waals surface area (Å²) in [5.41, 5.74) is 3.41. The number of amides is 1. The van der Waals surface area contributed by atoms with Gasteiger partial charge in [-0.1, -0.05) is 29.8 Å². The summed E-state index contributed by atoms with van der Waals surface area (Å²) >= 11 is 6.22. The van der Waals surface area contributed by atoms with Crippen molar-refractivity contribution in [2.24, 2.45) is 0 Å². The predicted octanol–water partition coefficient (Wildman–Crippen LogP) is 5.50. The average molecular weight is 501 g/mol. The molecule has 0 unspecified atom stereocenters. The van der Waals surface area contributed by atoms with Gasteiger partial charge in [0.05, 0.1) is 33.5 Å². The van der Waals surface area contributed by atoms with E-state index in [1.807, 2.05) is 19.9 Å². The van der Waals surface area contributed by atoms with Gasteiger partial charge < -0.3 is 10.1 Å². The molecule has 7 nitrogen and oxygen atoms in total. The van der Waals surface area contributed by atoms with Crippen molar-refractivity contribution in [3.8, 4) is 0 Å². The summed E-state index contributed by atoms with van der Waals surface area (Å²) in [4.78, 5) is 24.7. The number of halogens is 1. The lowest BCUT2D eigenvalue weighted by Crippen LogP contribution is -2.18. The van der Waals surface area contributed by atoms with Crippen molar-refractivity contribution in [2.75, 3.05) is 16.6 Å². The number of esters is 1. The molecule has 0 saturated carbocycles. The summed E-state index contributed by atoms with van der Waals surface area (Å²) in [6, 6.07) is 14.1. The van der Waals surface area contributed by atoms with Crippen molar-refractivity contribution in [1.82, 2.24) is 0 Å². The number of aryl methyl sites for hydroxylation is 2. The highest BCUT2D eigenvalue weighted by atomic mass is 35.5. The van der Waals surface area contributed by atoms with Gasteiger partial charge in [-0.3, -0.25) is 9.52 Å². The van der Waals surface area contributed by atoms with Crippen LogP contribution in [0.25, 0.3) is 0 Å². The van der Waals surface area contributed by atoms with Gasteiger partial charge in [-0.25, -0.2) is 13.2 Å². The minimum atomic E-state index is -3.95. The SMILES string of the molecule is CCOC(=O)c1ccc(NC(=O)c2ccc(C)c(S(=O)(=O)Nc3cccc(C)c3C)c2)c(Cl)c1. The van der Waals surface area contributed by atoms with Crippen molar-refractivity contribution in [1.29, 1.82) is 0 Å². The van der Waals surface area contributed by atoms with Gasteiger partial charge in [-0.2, -0.15) is 0 Å². The quantitative estimate of drug-likeness (QED) is 0.417. The summed E-state index contributed by atoms with van der Waals surface area (Å²) in [5, 5.41) is 2.80. The third-order valence-electron chi connectivity index (χ3n) is 5.32. The molecular formula is C25H25ClN2O5S. The third kappa shape index (κ3) is 5.58. The van der Waals surface area contributed by atoms with Crippen molar-refractivity contribution < 1.29 is 22.7 Å². The molecule has 0 aliphatic carbocycles. The number of hydrogen-bond donors (Lipinski definition) is 2. The summed E-state index contributed by atoms with van der Waals surface area (Å²) in [7, 11) is -3.95. The van der Waals surface area contributed by atoms with Gasteiger partial charge in [-0.05, 0) is 80.8 Å². The van der Waals surface area contributed by atoms with Crippen LogP contribution in [0.4, 0.5) is 11.4 Å². The van der Waals surface area contributed by atoms with Gasteiger partial charge in [0.1, 0.15) is 0 Å². The zero-order chi connectivity index (χ0) is 25.0. The second-order valence-electron chi connectivity index (χ2n) is 7.70. The molecule has 0 fully saturated rings. The van der Waals surface area contributed by atoms with Gasteiger partial charge in [0.15, 0.2) is 0 Å². The van der Waals surface area contributed by atoms with Gasteiger partial charge in [0.2, 0.25) is 0 Å². The van der Waals surface area contributed by atoms with Crippen LogP contribution in [0.15, 0.2) is 59.5 Å². The number of hydrogen-bond acceptors (Lipinski definition) is 5. The highest BCUT2D eigenvalue weighted by Gasteiger charge is 2.21. The second kappa shape index (κ2) is 10.3. The molecule has 3 aromatic carbocycles. The Hall–Kier alpha value is -3.36. The third-order valence-corrected chi connectivity index (χ3v) is 7.14. The molecule has 3 rings (SSSR count). The fourth-order valence-corrected chi connectivity index (χ4v) is 4.87. The van der Waals surface area contributed by atoms with Crippen molar-refractivity contribution in [3.63, 3.8) is 0 Å². The molecule has 9 heteroatoms. The summed E-state index contributed by atoms with van der Waals surface area (Å²) in [5.74, 6) is -1.07. The van der Waals surface area contributed by atoms with Crippen LogP contribution in [0.5, 0.6) is 0 Å². The Labute approximate surface area is 204 Å². The Morgan fingerprint density at radius 2 is 1.62 bits per heavy atom. The van der Waals surface area contributed by atoms with Gasteiger partial charge in [-0.15, -0.1) is 0 Å². The largest absolute Gasteiger partial charge is 0.462 e. The van der Waals surface area contributed by atoms with E-state index < -0.39 is 21.9 Å². The lowest BCUT2D eigenvalue weighted by molar-refractivity contribution is 0.0526. The predicted molar refractivity (Wildman–Crippen MR) is 133 cm³/mol. The number of rotatable bonds is 7. The summed E-state index contributed by atoms with van der Waals surface area (Å²) in [6.07, 6.45) is 0. The van der Waals surface area contributed by atoms with E-state index in [0.717, 1.165) is 11.1 Å². The molecule has 178 valence electrons. The maximum Gasteiger partial charge on any atom is 0.338 e. The zero-order valence-electron chi connectivity index (χ0n) is 19.2. The van der Waals surface area contributed by atoms with Crippen LogP contribution in [0, 0.1) is 20.8 Å². The lowest BCUT2D eigenvalue weighted by Gasteiger charge is -2.15. The molecule has 2 N–H and O–H groups in total. The molecule has 0 spiro atoms. The molecule has 0 aromatic heterocycles. The Kier molecular flexibility index (Phi) is 7.64. The Morgan fingerprint density at radius 3 is 2.29 bits per heavy atom. The van der Waals surface area contributed by atoms with E-state index in [0.29, 0.717) is 11.3 Å². The van der Waals surface area contributed by atoms with E-state index in [1.165, 1.54) is 30.3 Å². The topological polar surface area (TPSA) is 102 Å². The molecule has 0 atom stereocenters. The van der Waals surface area contributed by atoms with Gasteiger partial charge in [0.25, 0.3) is 15.9 Å². The van der Waals surface area contributed by atoms with E-state index in [9.17, 15) is 18.0 Å². The smallest absolute Gasteiger partial charge is 0.338 e. The highest BCUT2D eigenvalue weighted by molar-refractivity contribution is 7.92. The number of carbonyl (C=O) groups excluding carboxylic acids is 2. The summed E-state index contributed by atoms with van der Waals surface area (Å²) in [6.45, 7) is 7.31. The molecular weight excluding hydrogens is 476 g/mol. The maximum absolute atomic E-state index is 13.1. The minimum Gasteiger partial charge on any atom is -0.462 e. The van der Waals surface area contributed by atoms with Crippen LogP contribution in [-0.4, -0.2) is 26.9 Å². The first-order valence-electron chi connectivity index (χ1n) is 10.5. The van der Waals surface area contributed by atoms with Gasteiger partial charge in [0, 0.05) is 5.56 Å². The van der Waals surface area contributed by atoms with Crippen molar-refractivity contribution in [2.45, 2.75) is 32.6 Å². The van der Waals surface area contributed by atoms with E-state index >= 15 is 0 Å². The molecule has 1 amide bonds.